The third-order valence-electron chi connectivity index (χ3n) is 8.15. The predicted molar refractivity (Wildman–Crippen MR) is 158 cm³/mol. The Morgan fingerprint density at radius 3 is 2.73 bits per heavy atom. The van der Waals surface area contributed by atoms with Crippen molar-refractivity contribution in [1.29, 1.82) is 0 Å². The van der Waals surface area contributed by atoms with E-state index in [1.165, 1.54) is 0 Å². The molecule has 0 aliphatic carbocycles. The number of hydrogen-bond donors (Lipinski definition) is 3. The number of nitrogens with one attached hydrogen (secondary N) is 2. The third-order valence-corrected chi connectivity index (χ3v) is 11.4. The second-order valence-electron chi connectivity index (χ2n) is 10.5. The summed E-state index contributed by atoms with van der Waals surface area (Å²) in [6, 6.07) is 13.8. The van der Waals surface area contributed by atoms with Gasteiger partial charge in [-0.2, -0.15) is 0 Å². The SMILES string of the molecule is CCOc1ccc(NC(=O)[C@H]2[C@H]3C(=O)N(CCCO)C(C(=O)NCn4nnc5ccccc54)C34CC(Br)[C@@H]2S4)cc1. The van der Waals surface area contributed by atoms with E-state index in [4.69, 9.17) is 4.74 Å². The molecule has 216 valence electrons. The van der Waals surface area contributed by atoms with Crippen LogP contribution in [-0.2, 0) is 21.1 Å². The van der Waals surface area contributed by atoms with Crippen molar-refractivity contribution in [2.75, 3.05) is 25.1 Å². The molecule has 3 fully saturated rings. The summed E-state index contributed by atoms with van der Waals surface area (Å²) in [4.78, 5) is 43.2. The fourth-order valence-corrected chi connectivity index (χ4v) is 10.1. The van der Waals surface area contributed by atoms with E-state index in [0.29, 0.717) is 30.9 Å². The second kappa shape index (κ2) is 11.3. The molecule has 0 saturated carbocycles. The van der Waals surface area contributed by atoms with Crippen molar-refractivity contribution in [2.45, 2.75) is 47.3 Å². The van der Waals surface area contributed by atoms with Crippen LogP contribution in [0, 0.1) is 11.8 Å². The summed E-state index contributed by atoms with van der Waals surface area (Å²) in [7, 11) is 0. The normalized spacial score (nSPS) is 28.2. The van der Waals surface area contributed by atoms with Crippen LogP contribution in [0.3, 0.4) is 0 Å². The average Bonchev–Trinajstić information content (AvgIpc) is 3.69. The molecule has 11 nitrogen and oxygen atoms in total. The minimum absolute atomic E-state index is 0.0417. The average molecular weight is 644 g/mol. The summed E-state index contributed by atoms with van der Waals surface area (Å²) in [5, 5.41) is 23.7. The van der Waals surface area contributed by atoms with Crippen LogP contribution in [0.4, 0.5) is 5.69 Å². The lowest BCUT2D eigenvalue weighted by molar-refractivity contribution is -0.139. The van der Waals surface area contributed by atoms with E-state index in [-0.39, 0.29) is 47.6 Å². The molecule has 13 heteroatoms. The number of alkyl halides is 1. The second-order valence-corrected chi connectivity index (χ2v) is 13.2. The molecule has 6 rings (SSSR count). The van der Waals surface area contributed by atoms with Gasteiger partial charge in [0.25, 0.3) is 0 Å². The zero-order valence-corrected chi connectivity index (χ0v) is 24.8. The number of likely N-dealkylation sites (tertiary alicyclic amines) is 1. The van der Waals surface area contributed by atoms with E-state index in [0.717, 1.165) is 11.0 Å². The van der Waals surface area contributed by atoms with E-state index in [1.807, 2.05) is 31.2 Å². The van der Waals surface area contributed by atoms with Crippen LogP contribution in [-0.4, -0.2) is 83.3 Å². The molecule has 3 N–H and O–H groups in total. The highest BCUT2D eigenvalue weighted by molar-refractivity contribution is 9.09. The highest BCUT2D eigenvalue weighted by Gasteiger charge is 2.75. The maximum Gasteiger partial charge on any atom is 0.245 e. The van der Waals surface area contributed by atoms with E-state index >= 15 is 0 Å². The molecular weight excluding hydrogens is 612 g/mol. The van der Waals surface area contributed by atoms with Crippen molar-refractivity contribution in [2.24, 2.45) is 11.8 Å². The number of rotatable bonds is 10. The molecule has 3 saturated heterocycles. The molecule has 0 radical (unpaired) electrons. The Hall–Kier alpha value is -3.16. The lowest BCUT2D eigenvalue weighted by Gasteiger charge is -2.35. The number of carbonyl (C=O) groups excluding carboxylic acids is 3. The van der Waals surface area contributed by atoms with Crippen LogP contribution in [0.5, 0.6) is 5.75 Å². The molecule has 3 aliphatic heterocycles. The number of halogens is 1. The summed E-state index contributed by atoms with van der Waals surface area (Å²) in [5.74, 6) is -1.33. The standard InChI is InChI=1S/C28H31BrN6O5S/c1-2-40-17-10-8-16(9-11-17)31-25(37)21-22-27(39)34(12-5-13-36)24(28(22)14-18(29)23(21)41-28)26(38)30-15-35-20-7-4-3-6-19(20)32-33-35/h3-4,6-11,18,21-24,36H,2,5,12-15H2,1H3,(H,30,38)(H,31,37)/t18?,21-,22-,23-,24?,28?/m0/s1. The number of aliphatic hydroxyl groups is 1. The number of nitrogens with zero attached hydrogens (tertiary/aromatic N) is 4. The Morgan fingerprint density at radius 2 is 1.98 bits per heavy atom. The molecule has 3 aliphatic rings. The summed E-state index contributed by atoms with van der Waals surface area (Å²) in [6.07, 6.45) is 0.909. The van der Waals surface area contributed by atoms with Gasteiger partial charge in [-0.3, -0.25) is 14.4 Å². The van der Waals surface area contributed by atoms with Crippen molar-refractivity contribution in [3.8, 4) is 5.75 Å². The van der Waals surface area contributed by atoms with Crippen molar-refractivity contribution < 1.29 is 24.2 Å². The molecule has 6 atom stereocenters. The first-order chi connectivity index (χ1) is 19.9. The van der Waals surface area contributed by atoms with Gasteiger partial charge in [0.2, 0.25) is 17.7 Å². The number of carbonyl (C=O) groups is 3. The smallest absolute Gasteiger partial charge is 0.245 e. The van der Waals surface area contributed by atoms with Gasteiger partial charge in [0.15, 0.2) is 0 Å². The fourth-order valence-electron chi connectivity index (χ4n) is 6.52. The first-order valence-corrected chi connectivity index (χ1v) is 15.5. The van der Waals surface area contributed by atoms with Crippen LogP contribution in [0.25, 0.3) is 11.0 Å². The number of ether oxygens (including phenoxy) is 1. The van der Waals surface area contributed by atoms with Gasteiger partial charge in [-0.1, -0.05) is 33.3 Å². The van der Waals surface area contributed by atoms with Gasteiger partial charge >= 0.3 is 0 Å². The van der Waals surface area contributed by atoms with Crippen molar-refractivity contribution in [3.63, 3.8) is 0 Å². The van der Waals surface area contributed by atoms with Gasteiger partial charge in [-0.05, 0) is 56.2 Å². The monoisotopic (exact) mass is 642 g/mol. The molecule has 2 bridgehead atoms. The van der Waals surface area contributed by atoms with Crippen LogP contribution in [0.1, 0.15) is 19.8 Å². The number of amides is 3. The molecule has 4 heterocycles. The molecule has 41 heavy (non-hydrogen) atoms. The molecule has 2 aromatic carbocycles. The number of fused-ring (bicyclic) bond motifs is 2. The lowest BCUT2D eigenvalue weighted by atomic mass is 9.70. The molecule has 1 spiro atoms. The zero-order valence-electron chi connectivity index (χ0n) is 22.4. The Kier molecular flexibility index (Phi) is 7.68. The molecular formula is C28H31BrN6O5S. The Bertz CT molecular complexity index is 1470. The summed E-state index contributed by atoms with van der Waals surface area (Å²) >= 11 is 5.34. The van der Waals surface area contributed by atoms with Crippen molar-refractivity contribution >= 4 is 62.1 Å². The number of para-hydroxylation sites is 1. The number of aliphatic hydroxyl groups excluding tert-OH is 1. The summed E-state index contributed by atoms with van der Waals surface area (Å²) < 4.78 is 6.33. The number of aromatic nitrogens is 3. The van der Waals surface area contributed by atoms with Crippen molar-refractivity contribution in [1.82, 2.24) is 25.2 Å². The maximum atomic E-state index is 14.0. The largest absolute Gasteiger partial charge is 0.494 e. The maximum absolute atomic E-state index is 14.0. The van der Waals surface area contributed by atoms with Gasteiger partial charge in [0.1, 0.15) is 24.0 Å². The highest BCUT2D eigenvalue weighted by Crippen LogP contribution is 2.67. The summed E-state index contributed by atoms with van der Waals surface area (Å²) in [6.45, 7) is 2.65. The minimum Gasteiger partial charge on any atom is -0.494 e. The predicted octanol–water partition coefficient (Wildman–Crippen LogP) is 2.39. The highest BCUT2D eigenvalue weighted by atomic mass is 79.9. The van der Waals surface area contributed by atoms with Crippen molar-refractivity contribution in [3.05, 3.63) is 48.5 Å². The van der Waals surface area contributed by atoms with Gasteiger partial charge < -0.3 is 25.4 Å². The number of anilines is 1. The van der Waals surface area contributed by atoms with E-state index in [1.54, 1.807) is 45.6 Å². The van der Waals surface area contributed by atoms with Gasteiger partial charge in [-0.15, -0.1) is 16.9 Å². The Morgan fingerprint density at radius 1 is 1.20 bits per heavy atom. The number of benzene rings is 2. The topological polar surface area (TPSA) is 139 Å². The van der Waals surface area contributed by atoms with Gasteiger partial charge in [0.05, 0.1) is 28.7 Å². The first-order valence-electron chi connectivity index (χ1n) is 13.7. The van der Waals surface area contributed by atoms with Gasteiger partial charge in [-0.25, -0.2) is 4.68 Å². The fraction of sp³-hybridized carbons (Fsp3) is 0.464. The van der Waals surface area contributed by atoms with E-state index in [2.05, 4.69) is 36.9 Å². The van der Waals surface area contributed by atoms with Gasteiger partial charge in [0, 0.05) is 28.9 Å². The third kappa shape index (κ3) is 4.77. The molecule has 1 aromatic heterocycles. The lowest BCUT2D eigenvalue weighted by Crippen LogP contribution is -2.54. The summed E-state index contributed by atoms with van der Waals surface area (Å²) in [5.41, 5.74) is 2.11. The van der Waals surface area contributed by atoms with Crippen LogP contribution in [0.15, 0.2) is 48.5 Å². The van der Waals surface area contributed by atoms with Crippen LogP contribution in [0.2, 0.25) is 0 Å². The molecule has 3 aromatic rings. The number of hydrogen-bond acceptors (Lipinski definition) is 8. The molecule has 3 unspecified atom stereocenters. The Balaban J connectivity index is 1.26. The minimum atomic E-state index is -0.792. The molecule has 3 amide bonds. The van der Waals surface area contributed by atoms with E-state index in [9.17, 15) is 19.5 Å². The van der Waals surface area contributed by atoms with Crippen LogP contribution < -0.4 is 15.4 Å². The Labute approximate surface area is 249 Å². The quantitative estimate of drug-likeness (QED) is 0.287. The van der Waals surface area contributed by atoms with E-state index < -0.39 is 22.6 Å². The number of thioether (sulfide) groups is 1. The zero-order chi connectivity index (χ0) is 28.7. The van der Waals surface area contributed by atoms with Crippen LogP contribution >= 0.6 is 27.7 Å². The first kappa shape index (κ1) is 28.0.